The molecule has 0 amide bonds. The summed E-state index contributed by atoms with van der Waals surface area (Å²) in [4.78, 5) is 0. The van der Waals surface area contributed by atoms with E-state index in [1.54, 1.807) is 0 Å². The van der Waals surface area contributed by atoms with Crippen molar-refractivity contribution in [3.8, 4) is 5.88 Å². The van der Waals surface area contributed by atoms with Crippen molar-refractivity contribution in [2.24, 2.45) is 5.92 Å². The molecule has 0 spiro atoms. The van der Waals surface area contributed by atoms with Gasteiger partial charge >= 0.3 is 0 Å². The topological polar surface area (TPSA) is 50.1 Å². The maximum atomic E-state index is 5.66. The minimum Gasteiger partial charge on any atom is -1.00 e. The monoisotopic (exact) mass is 380 g/mol. The van der Waals surface area contributed by atoms with Crippen LogP contribution in [0, 0.1) is 5.92 Å². The average Bonchev–Trinajstić information content (AvgIpc) is 2.74. The molecule has 0 fully saturated rings. The van der Waals surface area contributed by atoms with Gasteiger partial charge in [-0.3, -0.25) is 0 Å². The molecule has 2 rings (SSSR count). The van der Waals surface area contributed by atoms with Crippen LogP contribution in [-0.2, 0) is 0 Å². The van der Waals surface area contributed by atoms with E-state index in [-0.39, 0.29) is 24.0 Å². The second-order valence-electron chi connectivity index (χ2n) is 4.47. The summed E-state index contributed by atoms with van der Waals surface area (Å²) in [5, 5.41) is 3.18. The van der Waals surface area contributed by atoms with Crippen LogP contribution in [0.5, 0.6) is 5.88 Å². The maximum absolute atomic E-state index is 5.66. The first-order valence-corrected chi connectivity index (χ1v) is 6.34. The summed E-state index contributed by atoms with van der Waals surface area (Å²) in [6.45, 7) is 5.69. The summed E-state index contributed by atoms with van der Waals surface area (Å²) < 4.78 is 16.2. The Kier molecular flexibility index (Phi) is 6.00. The van der Waals surface area contributed by atoms with Gasteiger partial charge in [-0.05, 0) is 5.92 Å². The lowest BCUT2D eigenvalue weighted by Gasteiger charge is -2.09. The number of rotatable bonds is 4. The molecule has 0 saturated heterocycles. The van der Waals surface area contributed by atoms with Crippen molar-refractivity contribution in [2.45, 2.75) is 13.8 Å². The number of hydrogen-bond donors (Lipinski definition) is 1. The first kappa shape index (κ1) is 15.4. The molecular weight excluding hydrogens is 363 g/mol. The van der Waals surface area contributed by atoms with E-state index in [1.807, 2.05) is 19.5 Å². The van der Waals surface area contributed by atoms with Crippen LogP contribution in [0.4, 0.5) is 0 Å². The van der Waals surface area contributed by atoms with Crippen LogP contribution in [0.1, 0.15) is 19.5 Å². The molecule has 0 atom stereocenters. The number of nitrogens with one attached hydrogen (secondary N) is 1. The highest BCUT2D eigenvalue weighted by Crippen LogP contribution is 2.23. The van der Waals surface area contributed by atoms with E-state index in [2.05, 4.69) is 32.5 Å². The number of ether oxygens (including phenoxy) is 1. The highest BCUT2D eigenvalue weighted by atomic mass is 127. The molecule has 1 aliphatic rings. The summed E-state index contributed by atoms with van der Waals surface area (Å²) >= 11 is 1.18. The molecule has 1 aliphatic heterocycles. The molecule has 100 valence electrons. The zero-order chi connectivity index (χ0) is 12.3. The number of allylic oxidation sites excluding steroid dienone is 1. The molecule has 1 aromatic rings. The molecule has 2 heterocycles. The van der Waals surface area contributed by atoms with Crippen molar-refractivity contribution in [2.75, 3.05) is 20.3 Å². The third-order valence-corrected chi connectivity index (χ3v) is 2.75. The quantitative estimate of drug-likeness (QED) is 0.495. The van der Waals surface area contributed by atoms with Crippen LogP contribution in [-0.4, -0.2) is 39.9 Å². The maximum Gasteiger partial charge on any atom is 0.254 e. The zero-order valence-corrected chi connectivity index (χ0v) is 13.7. The predicted octanol–water partition coefficient (Wildman–Crippen LogP) is -1.81. The van der Waals surface area contributed by atoms with E-state index < -0.39 is 0 Å². The van der Waals surface area contributed by atoms with Gasteiger partial charge in [0.15, 0.2) is 11.9 Å². The van der Waals surface area contributed by atoms with E-state index >= 15 is 0 Å². The Morgan fingerprint density at radius 1 is 1.50 bits per heavy atom. The molecule has 0 saturated carbocycles. The van der Waals surface area contributed by atoms with Crippen LogP contribution in [0.3, 0.4) is 0 Å². The molecule has 0 unspecified atom stereocenters. The predicted molar refractivity (Wildman–Crippen MR) is 68.5 cm³/mol. The third kappa shape index (κ3) is 3.91. The van der Waals surface area contributed by atoms with Gasteiger partial charge in [-0.1, -0.05) is 13.8 Å². The fourth-order valence-electron chi connectivity index (χ4n) is 1.45. The Bertz CT molecular complexity index is 456. The van der Waals surface area contributed by atoms with Crippen molar-refractivity contribution >= 4 is 23.5 Å². The fraction of sp³-hybridized carbons (Fsp3) is 0.545. The van der Waals surface area contributed by atoms with Gasteiger partial charge in [-0.25, -0.2) is 4.58 Å². The molecule has 0 radical (unpaired) electrons. The van der Waals surface area contributed by atoms with E-state index in [0.29, 0.717) is 18.4 Å². The number of hydrogen-bond acceptors (Lipinski definition) is 5. The summed E-state index contributed by atoms with van der Waals surface area (Å²) in [6, 6.07) is 0. The number of aromatic nitrogens is 2. The second-order valence-corrected chi connectivity index (χ2v) is 5.00. The smallest absolute Gasteiger partial charge is 0.254 e. The van der Waals surface area contributed by atoms with Gasteiger partial charge in [0, 0.05) is 6.20 Å². The molecule has 1 aromatic heterocycles. The van der Waals surface area contributed by atoms with Gasteiger partial charge in [0.2, 0.25) is 6.67 Å². The molecule has 0 bridgehead atoms. The largest absolute Gasteiger partial charge is 1.00 e. The van der Waals surface area contributed by atoms with Crippen LogP contribution >= 0.6 is 11.7 Å². The molecule has 18 heavy (non-hydrogen) atoms. The average molecular weight is 380 g/mol. The van der Waals surface area contributed by atoms with E-state index in [1.165, 1.54) is 11.7 Å². The Morgan fingerprint density at radius 2 is 2.28 bits per heavy atom. The molecule has 0 aromatic carbocycles. The van der Waals surface area contributed by atoms with Gasteiger partial charge < -0.3 is 34.0 Å². The van der Waals surface area contributed by atoms with Crippen molar-refractivity contribution < 1.29 is 33.3 Å². The van der Waals surface area contributed by atoms with Gasteiger partial charge in [0.05, 0.1) is 23.9 Å². The van der Waals surface area contributed by atoms with E-state index in [9.17, 15) is 0 Å². The van der Waals surface area contributed by atoms with Crippen LogP contribution in [0.25, 0.3) is 5.57 Å². The highest BCUT2D eigenvalue weighted by molar-refractivity contribution is 6.99. The van der Waals surface area contributed by atoms with Gasteiger partial charge in [-0.15, -0.1) is 4.37 Å². The zero-order valence-electron chi connectivity index (χ0n) is 10.7. The number of halogens is 1. The van der Waals surface area contributed by atoms with Crippen LogP contribution in [0.2, 0.25) is 0 Å². The molecular formula is C11H17IN4OS. The van der Waals surface area contributed by atoms with Gasteiger partial charge in [-0.2, -0.15) is 4.37 Å². The lowest BCUT2D eigenvalue weighted by atomic mass is 10.2. The minimum absolute atomic E-state index is 0. The van der Waals surface area contributed by atoms with Gasteiger partial charge in [0.1, 0.15) is 7.05 Å². The van der Waals surface area contributed by atoms with Crippen molar-refractivity contribution in [3.05, 3.63) is 11.9 Å². The van der Waals surface area contributed by atoms with Crippen LogP contribution < -0.4 is 34.0 Å². The third-order valence-electron chi connectivity index (χ3n) is 2.24. The Hall–Kier alpha value is -0.700. The highest BCUT2D eigenvalue weighted by Gasteiger charge is 2.18. The lowest BCUT2D eigenvalue weighted by Crippen LogP contribution is -3.00. The first-order chi connectivity index (χ1) is 8.16. The minimum atomic E-state index is 0. The fourth-order valence-corrected chi connectivity index (χ4v) is 1.97. The summed E-state index contributed by atoms with van der Waals surface area (Å²) in [5.41, 5.74) is 1.82. The molecule has 7 heteroatoms. The summed E-state index contributed by atoms with van der Waals surface area (Å²) in [7, 11) is 2.01. The molecule has 5 nitrogen and oxygen atoms in total. The normalized spacial score (nSPS) is 14.4. The Labute approximate surface area is 128 Å². The number of nitrogens with zero attached hydrogens (tertiary/aromatic N) is 3. The molecule has 1 N–H and O–H groups in total. The second kappa shape index (κ2) is 7.03. The van der Waals surface area contributed by atoms with Crippen molar-refractivity contribution in [3.63, 3.8) is 0 Å². The Morgan fingerprint density at radius 3 is 2.94 bits per heavy atom. The first-order valence-electron chi connectivity index (χ1n) is 5.61. The SMILES string of the molecule is CC(C)COc1nsnc1C1=CNC[N+](C)=C1.[I-]. The summed E-state index contributed by atoms with van der Waals surface area (Å²) in [5.74, 6) is 1.11. The van der Waals surface area contributed by atoms with Crippen molar-refractivity contribution in [1.82, 2.24) is 14.1 Å². The van der Waals surface area contributed by atoms with E-state index in [4.69, 9.17) is 4.74 Å². The molecule has 0 aliphatic carbocycles. The van der Waals surface area contributed by atoms with Crippen molar-refractivity contribution in [1.29, 1.82) is 0 Å². The lowest BCUT2D eigenvalue weighted by molar-refractivity contribution is -0.496. The van der Waals surface area contributed by atoms with Gasteiger partial charge in [0.25, 0.3) is 5.88 Å². The summed E-state index contributed by atoms with van der Waals surface area (Å²) in [6.07, 6.45) is 3.98. The Balaban J connectivity index is 0.00000162. The standard InChI is InChI=1S/C11H16N4OS.HI/c1-8(2)6-16-11-10(13-17-14-11)9-4-12-7-15(3)5-9;/h4-5,8H,6-7H2,1-3H3;1H. The van der Waals surface area contributed by atoms with Crippen LogP contribution in [0.15, 0.2) is 6.20 Å². The van der Waals surface area contributed by atoms with E-state index in [0.717, 1.165) is 17.9 Å².